The largest absolute Gasteiger partial charge is 0.493 e. The molecule has 1 aliphatic carbocycles. The van der Waals surface area contributed by atoms with Crippen molar-refractivity contribution in [2.24, 2.45) is 0 Å². The second kappa shape index (κ2) is 5.19. The number of anilines is 1. The van der Waals surface area contributed by atoms with Gasteiger partial charge in [-0.15, -0.1) is 5.10 Å². The zero-order valence-electron chi connectivity index (χ0n) is 13.6. The van der Waals surface area contributed by atoms with Crippen molar-refractivity contribution >= 4 is 11.7 Å². The summed E-state index contributed by atoms with van der Waals surface area (Å²) in [5.74, 6) is 2.94. The average molecular weight is 321 g/mol. The molecule has 1 fully saturated rings. The maximum atomic E-state index is 5.55. The van der Waals surface area contributed by atoms with Crippen LogP contribution in [0.4, 0.5) is 5.95 Å². The monoisotopic (exact) mass is 321 g/mol. The van der Waals surface area contributed by atoms with Gasteiger partial charge >= 0.3 is 0 Å². The highest BCUT2D eigenvalue weighted by Crippen LogP contribution is 2.40. The quantitative estimate of drug-likeness (QED) is 0.800. The molecule has 3 heterocycles. The zero-order chi connectivity index (χ0) is 16.1. The smallest absolute Gasteiger partial charge is 0.254 e. The van der Waals surface area contributed by atoms with E-state index in [-0.39, 0.29) is 0 Å². The summed E-state index contributed by atoms with van der Waals surface area (Å²) in [4.78, 5) is 9.04. The topological polar surface area (TPSA) is 64.3 Å². The maximum Gasteiger partial charge on any atom is 0.254 e. The summed E-state index contributed by atoms with van der Waals surface area (Å²) < 4.78 is 7.44. The number of nitrogens with zero attached hydrogens (tertiary/aromatic N) is 4. The SMILES string of the molecule is Cc1cc(C2CC2)n2nc(NCc3ccc4c(c3)CCO4)nc2n1. The van der Waals surface area contributed by atoms with Crippen molar-refractivity contribution < 1.29 is 4.74 Å². The molecule has 0 saturated heterocycles. The third kappa shape index (κ3) is 2.38. The molecule has 2 aromatic heterocycles. The minimum Gasteiger partial charge on any atom is -0.493 e. The van der Waals surface area contributed by atoms with Gasteiger partial charge in [0, 0.05) is 24.6 Å². The van der Waals surface area contributed by atoms with Crippen molar-refractivity contribution in [2.75, 3.05) is 11.9 Å². The summed E-state index contributed by atoms with van der Waals surface area (Å²) in [7, 11) is 0. The molecule has 24 heavy (non-hydrogen) atoms. The number of nitrogens with one attached hydrogen (secondary N) is 1. The Morgan fingerprint density at radius 1 is 1.25 bits per heavy atom. The van der Waals surface area contributed by atoms with E-state index in [9.17, 15) is 0 Å². The highest BCUT2D eigenvalue weighted by Gasteiger charge is 2.27. The summed E-state index contributed by atoms with van der Waals surface area (Å²) in [6.07, 6.45) is 3.46. The van der Waals surface area contributed by atoms with Gasteiger partial charge in [-0.05, 0) is 43.0 Å². The second-order valence-corrected chi connectivity index (χ2v) is 6.64. The fourth-order valence-electron chi connectivity index (χ4n) is 3.29. The van der Waals surface area contributed by atoms with E-state index >= 15 is 0 Å². The van der Waals surface area contributed by atoms with Gasteiger partial charge in [-0.25, -0.2) is 4.98 Å². The summed E-state index contributed by atoms with van der Waals surface area (Å²) in [5.41, 5.74) is 4.73. The molecule has 6 nitrogen and oxygen atoms in total. The van der Waals surface area contributed by atoms with E-state index in [0.29, 0.717) is 24.2 Å². The highest BCUT2D eigenvalue weighted by molar-refractivity contribution is 5.43. The van der Waals surface area contributed by atoms with Crippen molar-refractivity contribution in [3.05, 3.63) is 46.8 Å². The van der Waals surface area contributed by atoms with Crippen molar-refractivity contribution in [1.29, 1.82) is 0 Å². The molecule has 0 radical (unpaired) electrons. The Hall–Kier alpha value is -2.63. The fourth-order valence-corrected chi connectivity index (χ4v) is 3.29. The van der Waals surface area contributed by atoms with Crippen molar-refractivity contribution in [3.8, 4) is 5.75 Å². The Kier molecular flexibility index (Phi) is 2.98. The van der Waals surface area contributed by atoms with Crippen LogP contribution in [0.3, 0.4) is 0 Å². The van der Waals surface area contributed by atoms with E-state index in [2.05, 4.69) is 38.6 Å². The lowest BCUT2D eigenvalue weighted by atomic mass is 10.1. The Balaban J connectivity index is 1.40. The van der Waals surface area contributed by atoms with Crippen molar-refractivity contribution in [1.82, 2.24) is 19.6 Å². The van der Waals surface area contributed by atoms with E-state index in [1.165, 1.54) is 29.7 Å². The molecule has 1 aliphatic heterocycles. The first-order valence-electron chi connectivity index (χ1n) is 8.49. The minimum absolute atomic E-state index is 0.612. The van der Waals surface area contributed by atoms with Crippen LogP contribution < -0.4 is 10.1 Å². The van der Waals surface area contributed by atoms with Crippen LogP contribution >= 0.6 is 0 Å². The Bertz CT molecular complexity index is 929. The van der Waals surface area contributed by atoms with Gasteiger partial charge in [0.1, 0.15) is 5.75 Å². The van der Waals surface area contributed by atoms with Crippen molar-refractivity contribution in [2.45, 2.75) is 38.6 Å². The molecule has 6 heteroatoms. The van der Waals surface area contributed by atoms with E-state index in [0.717, 1.165) is 24.5 Å². The number of rotatable bonds is 4. The van der Waals surface area contributed by atoms with Gasteiger partial charge in [0.25, 0.3) is 5.78 Å². The molecular weight excluding hydrogens is 302 g/mol. The van der Waals surface area contributed by atoms with Crippen LogP contribution in [0.15, 0.2) is 24.3 Å². The molecule has 1 N–H and O–H groups in total. The first-order valence-corrected chi connectivity index (χ1v) is 8.49. The fraction of sp³-hybridized carbons (Fsp3) is 0.389. The number of hydrogen-bond donors (Lipinski definition) is 1. The van der Waals surface area contributed by atoms with E-state index < -0.39 is 0 Å². The third-order valence-corrected chi connectivity index (χ3v) is 4.67. The predicted octanol–water partition coefficient (Wildman–Crippen LogP) is 2.86. The molecule has 0 spiro atoms. The van der Waals surface area contributed by atoms with E-state index in [1.54, 1.807) is 0 Å². The van der Waals surface area contributed by atoms with Gasteiger partial charge in [-0.2, -0.15) is 9.50 Å². The minimum atomic E-state index is 0.612. The van der Waals surface area contributed by atoms with Gasteiger partial charge in [0.15, 0.2) is 0 Å². The molecule has 1 aromatic carbocycles. The van der Waals surface area contributed by atoms with Gasteiger partial charge in [-0.3, -0.25) is 0 Å². The molecule has 0 bridgehead atoms. The lowest BCUT2D eigenvalue weighted by Gasteiger charge is -2.04. The van der Waals surface area contributed by atoms with E-state index in [1.807, 2.05) is 17.5 Å². The van der Waals surface area contributed by atoms with Crippen LogP contribution in [-0.4, -0.2) is 26.2 Å². The summed E-state index contributed by atoms with van der Waals surface area (Å²) in [6, 6.07) is 8.46. The zero-order valence-corrected chi connectivity index (χ0v) is 13.6. The van der Waals surface area contributed by atoms with Crippen LogP contribution in [0.2, 0.25) is 0 Å². The number of aromatic nitrogens is 4. The number of fused-ring (bicyclic) bond motifs is 2. The van der Waals surface area contributed by atoms with E-state index in [4.69, 9.17) is 4.74 Å². The van der Waals surface area contributed by atoms with Gasteiger partial charge < -0.3 is 10.1 Å². The lowest BCUT2D eigenvalue weighted by molar-refractivity contribution is 0.357. The number of ether oxygens (including phenoxy) is 1. The average Bonchev–Trinajstić information content (AvgIpc) is 3.17. The molecule has 0 atom stereocenters. The molecule has 2 aliphatic rings. The van der Waals surface area contributed by atoms with Gasteiger partial charge in [0.2, 0.25) is 5.95 Å². The standard InChI is InChI=1S/C18H19N5O/c1-11-8-15(13-3-4-13)23-18(20-11)21-17(22-23)19-10-12-2-5-16-14(9-12)6-7-24-16/h2,5,8-9,13H,3-4,6-7,10H2,1H3,(H,19,22). The molecule has 0 amide bonds. The van der Waals surface area contributed by atoms with Crippen LogP contribution in [-0.2, 0) is 13.0 Å². The first kappa shape index (κ1) is 13.8. The molecule has 122 valence electrons. The highest BCUT2D eigenvalue weighted by atomic mass is 16.5. The molecular formula is C18H19N5O. The van der Waals surface area contributed by atoms with Crippen LogP contribution in [0.25, 0.3) is 5.78 Å². The molecule has 3 aromatic rings. The molecule has 0 unspecified atom stereocenters. The molecule has 1 saturated carbocycles. The number of hydrogen-bond acceptors (Lipinski definition) is 5. The number of aryl methyl sites for hydroxylation is 1. The van der Waals surface area contributed by atoms with Gasteiger partial charge in [0.05, 0.1) is 12.3 Å². The first-order chi connectivity index (χ1) is 11.8. The third-order valence-electron chi connectivity index (χ3n) is 4.67. The normalized spacial score (nSPS) is 16.2. The predicted molar refractivity (Wildman–Crippen MR) is 90.5 cm³/mol. The second-order valence-electron chi connectivity index (χ2n) is 6.64. The summed E-state index contributed by atoms with van der Waals surface area (Å²) >= 11 is 0. The Morgan fingerprint density at radius 3 is 3.04 bits per heavy atom. The van der Waals surface area contributed by atoms with Crippen molar-refractivity contribution in [3.63, 3.8) is 0 Å². The maximum absolute atomic E-state index is 5.55. The van der Waals surface area contributed by atoms with Gasteiger partial charge in [-0.1, -0.05) is 12.1 Å². The van der Waals surface area contributed by atoms with Crippen LogP contribution in [0.5, 0.6) is 5.75 Å². The Labute approximate surface area is 139 Å². The number of benzene rings is 1. The lowest BCUT2D eigenvalue weighted by Crippen LogP contribution is -2.03. The Morgan fingerprint density at radius 2 is 2.17 bits per heavy atom. The summed E-state index contributed by atoms with van der Waals surface area (Å²) in [5, 5.41) is 7.93. The van der Waals surface area contributed by atoms with Crippen LogP contribution in [0.1, 0.15) is 41.3 Å². The summed E-state index contributed by atoms with van der Waals surface area (Å²) in [6.45, 7) is 3.50. The molecule has 5 rings (SSSR count). The van der Waals surface area contributed by atoms with Crippen LogP contribution in [0, 0.1) is 6.92 Å².